The minimum Gasteiger partial charge on any atom is -0.392 e. The number of allylic oxidation sites excluding steroid dienone is 1. The fraction of sp³-hybridized carbons (Fsp3) is 0.727. The summed E-state index contributed by atoms with van der Waals surface area (Å²) in [5.74, 6) is 0.189. The number of carbonyl (C=O) groups is 1. The van der Waals surface area contributed by atoms with Crippen LogP contribution in [-0.2, 0) is 4.79 Å². The summed E-state index contributed by atoms with van der Waals surface area (Å²) >= 11 is 0. The van der Waals surface area contributed by atoms with Gasteiger partial charge in [-0.1, -0.05) is 5.57 Å². The van der Waals surface area contributed by atoms with Crippen molar-refractivity contribution in [1.82, 2.24) is 0 Å². The summed E-state index contributed by atoms with van der Waals surface area (Å²) in [4.78, 5) is 11.7. The first-order valence-electron chi connectivity index (χ1n) is 4.82. The molecule has 1 aliphatic rings. The summed E-state index contributed by atoms with van der Waals surface area (Å²) in [6.45, 7) is 7.56. The van der Waals surface area contributed by atoms with E-state index in [0.29, 0.717) is 12.8 Å². The standard InChI is InChI=1S/C11H18O2/c1-8(2)7-11(3)9(12)5-4-6-10(11)13/h9,12H,1,4-7H2,2-3H3/t9-,11-/m0/s1. The fourth-order valence-corrected chi connectivity index (χ4v) is 2.09. The van der Waals surface area contributed by atoms with Gasteiger partial charge in [0.05, 0.1) is 11.5 Å². The molecule has 2 heteroatoms. The highest BCUT2D eigenvalue weighted by Crippen LogP contribution is 2.37. The lowest BCUT2D eigenvalue weighted by atomic mass is 9.69. The van der Waals surface area contributed by atoms with Crippen molar-refractivity contribution < 1.29 is 9.90 Å². The molecule has 2 nitrogen and oxygen atoms in total. The Balaban J connectivity index is 2.81. The number of rotatable bonds is 2. The lowest BCUT2D eigenvalue weighted by Crippen LogP contribution is -2.43. The van der Waals surface area contributed by atoms with E-state index in [1.54, 1.807) is 0 Å². The van der Waals surface area contributed by atoms with Gasteiger partial charge in [0.2, 0.25) is 0 Å². The minimum absolute atomic E-state index is 0.189. The highest BCUT2D eigenvalue weighted by atomic mass is 16.3. The van der Waals surface area contributed by atoms with E-state index in [4.69, 9.17) is 0 Å². The van der Waals surface area contributed by atoms with Gasteiger partial charge in [0, 0.05) is 6.42 Å². The van der Waals surface area contributed by atoms with Crippen LogP contribution in [0.15, 0.2) is 12.2 Å². The van der Waals surface area contributed by atoms with E-state index in [1.807, 2.05) is 13.8 Å². The largest absolute Gasteiger partial charge is 0.392 e. The van der Waals surface area contributed by atoms with Gasteiger partial charge in [-0.15, -0.1) is 6.58 Å². The van der Waals surface area contributed by atoms with Crippen LogP contribution < -0.4 is 0 Å². The lowest BCUT2D eigenvalue weighted by molar-refractivity contribution is -0.138. The molecular formula is C11H18O2. The highest BCUT2D eigenvalue weighted by molar-refractivity contribution is 5.86. The molecule has 1 aliphatic carbocycles. The molecule has 0 radical (unpaired) electrons. The van der Waals surface area contributed by atoms with Crippen molar-refractivity contribution in [2.75, 3.05) is 0 Å². The van der Waals surface area contributed by atoms with E-state index in [0.717, 1.165) is 18.4 Å². The van der Waals surface area contributed by atoms with Crippen LogP contribution in [0.2, 0.25) is 0 Å². The first-order valence-corrected chi connectivity index (χ1v) is 4.82. The zero-order chi connectivity index (χ0) is 10.1. The van der Waals surface area contributed by atoms with Gasteiger partial charge in [-0.3, -0.25) is 4.79 Å². The Morgan fingerprint density at radius 1 is 1.77 bits per heavy atom. The molecule has 74 valence electrons. The number of aliphatic hydroxyl groups excluding tert-OH is 1. The van der Waals surface area contributed by atoms with Crippen molar-refractivity contribution in [2.45, 2.75) is 45.6 Å². The van der Waals surface area contributed by atoms with Crippen LogP contribution in [-0.4, -0.2) is 17.0 Å². The maximum absolute atomic E-state index is 11.7. The highest BCUT2D eigenvalue weighted by Gasteiger charge is 2.42. The number of hydrogen-bond acceptors (Lipinski definition) is 2. The number of ketones is 1. The zero-order valence-electron chi connectivity index (χ0n) is 8.47. The Hall–Kier alpha value is -0.630. The summed E-state index contributed by atoms with van der Waals surface area (Å²) in [5, 5.41) is 9.79. The number of hydrogen-bond donors (Lipinski definition) is 1. The Morgan fingerprint density at radius 3 is 2.85 bits per heavy atom. The van der Waals surface area contributed by atoms with Gasteiger partial charge in [-0.25, -0.2) is 0 Å². The monoisotopic (exact) mass is 182 g/mol. The summed E-state index contributed by atoms with van der Waals surface area (Å²) in [7, 11) is 0. The fourth-order valence-electron chi connectivity index (χ4n) is 2.09. The molecule has 0 aromatic heterocycles. The Kier molecular flexibility index (Phi) is 2.91. The molecule has 0 bridgehead atoms. The zero-order valence-corrected chi connectivity index (χ0v) is 8.47. The molecule has 0 spiro atoms. The van der Waals surface area contributed by atoms with Gasteiger partial charge < -0.3 is 5.11 Å². The van der Waals surface area contributed by atoms with Crippen LogP contribution in [0.3, 0.4) is 0 Å². The molecular weight excluding hydrogens is 164 g/mol. The molecule has 0 saturated heterocycles. The lowest BCUT2D eigenvalue weighted by Gasteiger charge is -2.37. The van der Waals surface area contributed by atoms with Crippen molar-refractivity contribution in [3.8, 4) is 0 Å². The summed E-state index contributed by atoms with van der Waals surface area (Å²) in [6.07, 6.45) is 2.32. The summed E-state index contributed by atoms with van der Waals surface area (Å²) in [5.41, 5.74) is 0.404. The van der Waals surface area contributed by atoms with Gasteiger partial charge in [-0.2, -0.15) is 0 Å². The van der Waals surface area contributed by atoms with E-state index in [-0.39, 0.29) is 5.78 Å². The molecule has 1 N–H and O–H groups in total. The first-order chi connectivity index (χ1) is 5.97. The smallest absolute Gasteiger partial charge is 0.141 e. The molecule has 0 unspecified atom stereocenters. The van der Waals surface area contributed by atoms with Gasteiger partial charge in [-0.05, 0) is 33.1 Å². The maximum atomic E-state index is 11.7. The van der Waals surface area contributed by atoms with Crippen LogP contribution in [0, 0.1) is 5.41 Å². The summed E-state index contributed by atoms with van der Waals surface area (Å²) in [6, 6.07) is 0. The van der Waals surface area contributed by atoms with E-state index >= 15 is 0 Å². The first kappa shape index (κ1) is 10.5. The predicted molar refractivity (Wildman–Crippen MR) is 52.4 cm³/mol. The van der Waals surface area contributed by atoms with Crippen molar-refractivity contribution in [2.24, 2.45) is 5.41 Å². The van der Waals surface area contributed by atoms with Gasteiger partial charge in [0.1, 0.15) is 5.78 Å². The molecule has 1 fully saturated rings. The molecule has 0 aromatic rings. The second-order valence-electron chi connectivity index (χ2n) is 4.38. The van der Waals surface area contributed by atoms with Gasteiger partial charge >= 0.3 is 0 Å². The quantitative estimate of drug-likeness (QED) is 0.664. The third kappa shape index (κ3) is 1.99. The second kappa shape index (κ2) is 3.62. The van der Waals surface area contributed by atoms with Crippen molar-refractivity contribution in [1.29, 1.82) is 0 Å². The second-order valence-corrected chi connectivity index (χ2v) is 4.38. The van der Waals surface area contributed by atoms with E-state index in [1.165, 1.54) is 0 Å². The van der Waals surface area contributed by atoms with Gasteiger partial charge in [0.25, 0.3) is 0 Å². The number of aliphatic hydroxyl groups is 1. The van der Waals surface area contributed by atoms with Crippen LogP contribution in [0.4, 0.5) is 0 Å². The Labute approximate surface area is 79.6 Å². The van der Waals surface area contributed by atoms with Crippen LogP contribution in [0.5, 0.6) is 0 Å². The maximum Gasteiger partial charge on any atom is 0.141 e. The average Bonchev–Trinajstić information content (AvgIpc) is 1.99. The minimum atomic E-state index is -0.565. The Morgan fingerprint density at radius 2 is 2.38 bits per heavy atom. The van der Waals surface area contributed by atoms with Crippen molar-refractivity contribution in [3.63, 3.8) is 0 Å². The van der Waals surface area contributed by atoms with Crippen LogP contribution >= 0.6 is 0 Å². The third-order valence-corrected chi connectivity index (χ3v) is 2.92. The molecule has 0 aromatic carbocycles. The van der Waals surface area contributed by atoms with E-state index in [9.17, 15) is 9.90 Å². The van der Waals surface area contributed by atoms with Crippen LogP contribution in [0.1, 0.15) is 39.5 Å². The van der Waals surface area contributed by atoms with E-state index < -0.39 is 11.5 Å². The SMILES string of the molecule is C=C(C)C[C@]1(C)C(=O)CCC[C@@H]1O. The topological polar surface area (TPSA) is 37.3 Å². The molecule has 1 rings (SSSR count). The number of carbonyl (C=O) groups excluding carboxylic acids is 1. The molecule has 2 atom stereocenters. The third-order valence-electron chi connectivity index (χ3n) is 2.92. The van der Waals surface area contributed by atoms with Gasteiger partial charge in [0.15, 0.2) is 0 Å². The molecule has 0 heterocycles. The molecule has 13 heavy (non-hydrogen) atoms. The van der Waals surface area contributed by atoms with Crippen molar-refractivity contribution >= 4 is 5.78 Å². The van der Waals surface area contributed by atoms with E-state index in [2.05, 4.69) is 6.58 Å². The number of Topliss-reactive ketones (excluding diaryl/α,β-unsaturated/α-hetero) is 1. The normalized spacial score (nSPS) is 34.7. The molecule has 1 saturated carbocycles. The van der Waals surface area contributed by atoms with Crippen LogP contribution in [0.25, 0.3) is 0 Å². The average molecular weight is 182 g/mol. The summed E-state index contributed by atoms with van der Waals surface area (Å²) < 4.78 is 0. The molecule has 0 amide bonds. The van der Waals surface area contributed by atoms with Crippen molar-refractivity contribution in [3.05, 3.63) is 12.2 Å². The Bertz CT molecular complexity index is 232. The predicted octanol–water partition coefficient (Wildman–Crippen LogP) is 2.07. The molecule has 0 aliphatic heterocycles.